The minimum absolute atomic E-state index is 1.11. The highest BCUT2D eigenvalue weighted by Crippen LogP contribution is 2.53. The summed E-state index contributed by atoms with van der Waals surface area (Å²) in [6.07, 6.45) is 0. The Hall–Kier alpha value is -8.00. The van der Waals surface area contributed by atoms with Gasteiger partial charge in [0.25, 0.3) is 0 Å². The second-order valence-corrected chi connectivity index (χ2v) is 15.9. The summed E-state index contributed by atoms with van der Waals surface area (Å²) in [6.45, 7) is 0. The summed E-state index contributed by atoms with van der Waals surface area (Å²) >= 11 is 0. The van der Waals surface area contributed by atoms with E-state index in [4.69, 9.17) is 0 Å². The van der Waals surface area contributed by atoms with Crippen LogP contribution in [0.2, 0.25) is 0 Å². The molecule has 1 nitrogen and oxygen atoms in total. The molecule has 61 heavy (non-hydrogen) atoms. The van der Waals surface area contributed by atoms with Crippen molar-refractivity contribution in [2.24, 2.45) is 0 Å². The largest absolute Gasteiger partial charge is 0.309 e. The van der Waals surface area contributed by atoms with E-state index in [1.165, 1.54) is 98.0 Å². The summed E-state index contributed by atoms with van der Waals surface area (Å²) in [4.78, 5) is 2.46. The van der Waals surface area contributed by atoms with Crippen molar-refractivity contribution in [1.29, 1.82) is 0 Å². The SMILES string of the molecule is c1ccc(-c2c(N(c3ccccc3)c3ccccc3)c3ccccc3c3cc4c(-c5cccc6ccccc56)c5ccccc5c(-c5cccc6ccccc56)c4cc23)cc1. The number of hydrogen-bond acceptors (Lipinski definition) is 1. The van der Waals surface area contributed by atoms with Gasteiger partial charge in [-0.1, -0.05) is 200 Å². The van der Waals surface area contributed by atoms with E-state index < -0.39 is 0 Å². The lowest BCUT2D eigenvalue weighted by Crippen LogP contribution is -2.12. The number of anilines is 3. The van der Waals surface area contributed by atoms with Gasteiger partial charge in [-0.2, -0.15) is 0 Å². The molecule has 1 heteroatoms. The highest BCUT2D eigenvalue weighted by atomic mass is 15.1. The maximum absolute atomic E-state index is 2.54. The third-order valence-electron chi connectivity index (χ3n) is 12.6. The van der Waals surface area contributed by atoms with Gasteiger partial charge >= 0.3 is 0 Å². The van der Waals surface area contributed by atoms with Crippen LogP contribution in [0.1, 0.15) is 0 Å². The zero-order chi connectivity index (χ0) is 40.3. The first kappa shape index (κ1) is 35.0. The predicted octanol–water partition coefficient (Wildman–Crippen LogP) is 17.1. The minimum Gasteiger partial charge on any atom is -0.309 e. The van der Waals surface area contributed by atoms with Crippen molar-refractivity contribution in [2.75, 3.05) is 4.90 Å². The quantitative estimate of drug-likeness (QED) is 0.120. The molecule has 0 heterocycles. The van der Waals surface area contributed by atoms with E-state index in [9.17, 15) is 0 Å². The van der Waals surface area contributed by atoms with Gasteiger partial charge in [0.05, 0.1) is 5.69 Å². The number of rotatable bonds is 6. The molecule has 12 aromatic carbocycles. The van der Waals surface area contributed by atoms with E-state index in [2.05, 4.69) is 241 Å². The second kappa shape index (κ2) is 14.4. The first-order valence-electron chi connectivity index (χ1n) is 21.1. The van der Waals surface area contributed by atoms with Gasteiger partial charge < -0.3 is 4.90 Å². The van der Waals surface area contributed by atoms with E-state index in [-0.39, 0.29) is 0 Å². The minimum atomic E-state index is 1.11. The first-order chi connectivity index (χ1) is 30.3. The molecule has 0 amide bonds. The monoisotopic (exact) mass is 773 g/mol. The second-order valence-electron chi connectivity index (χ2n) is 15.9. The fourth-order valence-electron chi connectivity index (χ4n) is 10.00. The maximum Gasteiger partial charge on any atom is 0.0624 e. The summed E-state index contributed by atoms with van der Waals surface area (Å²) in [7, 11) is 0. The highest BCUT2D eigenvalue weighted by Gasteiger charge is 2.26. The van der Waals surface area contributed by atoms with E-state index in [0.29, 0.717) is 0 Å². The Morgan fingerprint density at radius 2 is 0.607 bits per heavy atom. The number of fused-ring (bicyclic) bond motifs is 7. The van der Waals surface area contributed by atoms with Crippen LogP contribution < -0.4 is 4.90 Å². The van der Waals surface area contributed by atoms with Crippen LogP contribution in [0.3, 0.4) is 0 Å². The third kappa shape index (κ3) is 5.63. The van der Waals surface area contributed by atoms with Crippen LogP contribution in [0.4, 0.5) is 17.1 Å². The van der Waals surface area contributed by atoms with Crippen LogP contribution in [-0.2, 0) is 0 Å². The van der Waals surface area contributed by atoms with Gasteiger partial charge in [0.2, 0.25) is 0 Å². The van der Waals surface area contributed by atoms with Crippen molar-refractivity contribution >= 4 is 81.7 Å². The predicted molar refractivity (Wildman–Crippen MR) is 262 cm³/mol. The molecule has 284 valence electrons. The molecule has 0 radical (unpaired) electrons. The van der Waals surface area contributed by atoms with Crippen molar-refractivity contribution in [3.05, 3.63) is 237 Å². The summed E-state index contributed by atoms with van der Waals surface area (Å²) in [6, 6.07) is 87.0. The molecular formula is C60H39N. The lowest BCUT2D eigenvalue weighted by molar-refractivity contribution is 1.30. The van der Waals surface area contributed by atoms with Gasteiger partial charge in [0.15, 0.2) is 0 Å². The molecule has 0 bridgehead atoms. The molecule has 0 unspecified atom stereocenters. The molecule has 12 rings (SSSR count). The average Bonchev–Trinajstić information content (AvgIpc) is 3.33. The average molecular weight is 774 g/mol. The van der Waals surface area contributed by atoms with Gasteiger partial charge in [0.1, 0.15) is 0 Å². The number of hydrogen-bond donors (Lipinski definition) is 0. The fraction of sp³-hybridized carbons (Fsp3) is 0. The Kier molecular flexibility index (Phi) is 8.25. The van der Waals surface area contributed by atoms with Gasteiger partial charge in [-0.3, -0.25) is 0 Å². The van der Waals surface area contributed by atoms with E-state index in [1.807, 2.05) is 0 Å². The van der Waals surface area contributed by atoms with Gasteiger partial charge in [-0.25, -0.2) is 0 Å². The standard InChI is InChI=1S/C60H39N/c1-4-22-42(23-5-1)57-54-39-56-55(38-53(54)47-32-14-17-35-52(47)60(57)61(43-26-6-2-7-27-43)44-28-8-3-9-29-44)58(48-36-18-24-40-20-10-12-30-45(40)48)50-33-15-16-34-51(50)59(56)49-37-19-25-41-21-11-13-31-46(41)49/h1-39H. The zero-order valence-electron chi connectivity index (χ0n) is 33.5. The van der Waals surface area contributed by atoms with Crippen molar-refractivity contribution in [3.8, 4) is 33.4 Å². The summed E-state index contributed by atoms with van der Waals surface area (Å²) < 4.78 is 0. The van der Waals surface area contributed by atoms with Crippen LogP contribution in [0.25, 0.3) is 98.0 Å². The van der Waals surface area contributed by atoms with Crippen molar-refractivity contribution in [2.45, 2.75) is 0 Å². The molecule has 0 spiro atoms. The summed E-state index contributed by atoms with van der Waals surface area (Å²) in [5.74, 6) is 0. The fourth-order valence-corrected chi connectivity index (χ4v) is 10.00. The van der Waals surface area contributed by atoms with Crippen LogP contribution in [0.5, 0.6) is 0 Å². The maximum atomic E-state index is 2.54. The van der Waals surface area contributed by atoms with Gasteiger partial charge in [-0.05, 0) is 123 Å². The molecule has 0 aliphatic carbocycles. The molecule has 0 saturated carbocycles. The normalized spacial score (nSPS) is 11.6. The number of para-hydroxylation sites is 2. The third-order valence-corrected chi connectivity index (χ3v) is 12.6. The molecule has 0 aliphatic rings. The van der Waals surface area contributed by atoms with E-state index >= 15 is 0 Å². The Morgan fingerprint density at radius 1 is 0.230 bits per heavy atom. The van der Waals surface area contributed by atoms with E-state index in [1.54, 1.807) is 0 Å². The lowest BCUT2D eigenvalue weighted by atomic mass is 9.81. The molecule has 0 atom stereocenters. The van der Waals surface area contributed by atoms with E-state index in [0.717, 1.165) is 17.1 Å². The van der Waals surface area contributed by atoms with Crippen molar-refractivity contribution < 1.29 is 0 Å². The zero-order valence-corrected chi connectivity index (χ0v) is 33.5. The topological polar surface area (TPSA) is 3.24 Å². The van der Waals surface area contributed by atoms with Gasteiger partial charge in [0, 0.05) is 22.3 Å². The first-order valence-corrected chi connectivity index (χ1v) is 21.1. The van der Waals surface area contributed by atoms with Crippen LogP contribution in [0.15, 0.2) is 237 Å². The number of benzene rings is 12. The Balaban J connectivity index is 1.34. The molecule has 0 aliphatic heterocycles. The molecule has 0 N–H and O–H groups in total. The van der Waals surface area contributed by atoms with Crippen LogP contribution in [-0.4, -0.2) is 0 Å². The summed E-state index contributed by atoms with van der Waals surface area (Å²) in [5, 5.41) is 14.8. The highest BCUT2D eigenvalue weighted by molar-refractivity contribution is 6.31. The number of nitrogens with zero attached hydrogens (tertiary/aromatic N) is 1. The smallest absolute Gasteiger partial charge is 0.0624 e. The van der Waals surface area contributed by atoms with Crippen LogP contribution >= 0.6 is 0 Å². The van der Waals surface area contributed by atoms with Crippen molar-refractivity contribution in [1.82, 2.24) is 0 Å². The van der Waals surface area contributed by atoms with Crippen LogP contribution in [0, 0.1) is 0 Å². The lowest BCUT2D eigenvalue weighted by Gasteiger charge is -2.31. The Bertz CT molecular complexity index is 3580. The summed E-state index contributed by atoms with van der Waals surface area (Å²) in [5.41, 5.74) is 10.7. The van der Waals surface area contributed by atoms with Crippen molar-refractivity contribution in [3.63, 3.8) is 0 Å². The van der Waals surface area contributed by atoms with Gasteiger partial charge in [-0.15, -0.1) is 0 Å². The molecule has 12 aromatic rings. The molecule has 0 fully saturated rings. The Morgan fingerprint density at radius 3 is 1.13 bits per heavy atom. The molecule has 0 aromatic heterocycles. The molecular weight excluding hydrogens is 735 g/mol. The Labute approximate surface area is 355 Å². The molecule has 0 saturated heterocycles.